The van der Waals surface area contributed by atoms with Gasteiger partial charge in [0.25, 0.3) is 10.0 Å². The number of ketones is 1. The summed E-state index contributed by atoms with van der Waals surface area (Å²) in [5.41, 5.74) is 9.40. The van der Waals surface area contributed by atoms with Gasteiger partial charge in [0.15, 0.2) is 0 Å². The van der Waals surface area contributed by atoms with Gasteiger partial charge in [-0.1, -0.05) is 42.0 Å². The molecule has 3 N–H and O–H groups in total. The van der Waals surface area contributed by atoms with Crippen molar-refractivity contribution in [2.24, 2.45) is 0 Å². The number of aromatic nitrogens is 5. The van der Waals surface area contributed by atoms with Crippen LogP contribution in [0.3, 0.4) is 0 Å². The lowest BCUT2D eigenvalue weighted by Gasteiger charge is -2.13. The summed E-state index contributed by atoms with van der Waals surface area (Å²) in [5.74, 6) is 0.0429. The first-order valence-electron chi connectivity index (χ1n) is 14.3. The maximum atomic E-state index is 14.2. The van der Waals surface area contributed by atoms with Crippen molar-refractivity contribution in [2.75, 3.05) is 5.73 Å². The number of imidazole rings is 1. The molecule has 0 atom stereocenters. The third kappa shape index (κ3) is 5.14. The first kappa shape index (κ1) is 30.0. The van der Waals surface area contributed by atoms with Crippen molar-refractivity contribution in [3.63, 3.8) is 0 Å². The summed E-state index contributed by atoms with van der Waals surface area (Å²) in [6, 6.07) is 22.3. The number of nitrogens with zero attached hydrogens (tertiary/aromatic N) is 4. The summed E-state index contributed by atoms with van der Waals surface area (Å²) in [7, 11) is -4.36. The molecule has 0 bridgehead atoms. The van der Waals surface area contributed by atoms with Crippen LogP contribution in [0.2, 0.25) is 0 Å². The Bertz CT molecular complexity index is 2460. The van der Waals surface area contributed by atoms with E-state index in [1.165, 1.54) is 47.3 Å². The highest BCUT2D eigenvalue weighted by molar-refractivity contribution is 7.90. The van der Waals surface area contributed by atoms with E-state index >= 15 is 0 Å². The number of benzene rings is 4. The van der Waals surface area contributed by atoms with Gasteiger partial charge >= 0.3 is 6.18 Å². The third-order valence-corrected chi connectivity index (χ3v) is 9.72. The lowest BCUT2D eigenvalue weighted by molar-refractivity contribution is -0.137. The highest BCUT2D eigenvalue weighted by Gasteiger charge is 2.31. The Morgan fingerprint density at radius 1 is 0.872 bits per heavy atom. The monoisotopic (exact) mass is 654 g/mol. The van der Waals surface area contributed by atoms with E-state index in [2.05, 4.69) is 15.1 Å². The fourth-order valence-electron chi connectivity index (χ4n) is 5.57. The van der Waals surface area contributed by atoms with Crippen LogP contribution in [0.5, 0.6) is 0 Å². The van der Waals surface area contributed by atoms with Gasteiger partial charge in [0, 0.05) is 5.39 Å². The van der Waals surface area contributed by atoms with Crippen LogP contribution in [0.15, 0.2) is 102 Å². The minimum atomic E-state index is -4.50. The molecule has 0 fully saturated rings. The normalized spacial score (nSPS) is 12.3. The van der Waals surface area contributed by atoms with E-state index < -0.39 is 27.5 Å². The van der Waals surface area contributed by atoms with Crippen molar-refractivity contribution in [1.29, 1.82) is 0 Å². The van der Waals surface area contributed by atoms with Crippen molar-refractivity contribution in [3.8, 4) is 16.8 Å². The molecule has 236 valence electrons. The second kappa shape index (κ2) is 10.7. The number of anilines is 1. The lowest BCUT2D eigenvalue weighted by Crippen LogP contribution is -2.19. The van der Waals surface area contributed by atoms with Crippen molar-refractivity contribution in [2.45, 2.75) is 24.9 Å². The fraction of sp³-hybridized carbons (Fsp3) is 0.0882. The molecule has 0 unspecified atom stereocenters. The average Bonchev–Trinajstić information content (AvgIpc) is 3.73. The fourth-order valence-corrected chi connectivity index (χ4v) is 7.08. The number of rotatable bonds is 6. The Balaban J connectivity index is 1.38. The summed E-state index contributed by atoms with van der Waals surface area (Å²) >= 11 is 0. The van der Waals surface area contributed by atoms with E-state index in [9.17, 15) is 26.4 Å². The minimum absolute atomic E-state index is 0.000528. The predicted molar refractivity (Wildman–Crippen MR) is 172 cm³/mol. The topological polar surface area (TPSA) is 129 Å². The molecule has 13 heteroatoms. The van der Waals surface area contributed by atoms with E-state index in [-0.39, 0.29) is 27.5 Å². The zero-order valence-corrected chi connectivity index (χ0v) is 25.7. The van der Waals surface area contributed by atoms with Gasteiger partial charge < -0.3 is 10.7 Å². The van der Waals surface area contributed by atoms with E-state index in [1.807, 2.05) is 13.8 Å². The molecule has 0 radical (unpaired) electrons. The molecule has 0 saturated heterocycles. The molecule has 9 nitrogen and oxygen atoms in total. The average molecular weight is 655 g/mol. The molecule has 47 heavy (non-hydrogen) atoms. The summed E-state index contributed by atoms with van der Waals surface area (Å²) in [6.07, 6.45) is -3.22. The quantitative estimate of drug-likeness (QED) is 0.185. The minimum Gasteiger partial charge on any atom is -0.383 e. The van der Waals surface area contributed by atoms with Crippen LogP contribution in [0.4, 0.5) is 19.0 Å². The van der Waals surface area contributed by atoms with Gasteiger partial charge in [0.1, 0.15) is 17.3 Å². The summed E-state index contributed by atoms with van der Waals surface area (Å²) in [5, 5.41) is 4.76. The molecule has 0 amide bonds. The maximum Gasteiger partial charge on any atom is 0.416 e. The van der Waals surface area contributed by atoms with Gasteiger partial charge in [-0.05, 0) is 79.6 Å². The number of hydrogen-bond acceptors (Lipinski definition) is 6. The van der Waals surface area contributed by atoms with E-state index in [4.69, 9.17) is 5.73 Å². The number of nitrogens with two attached hydrogens (primary N) is 1. The standard InChI is InChI=1S/C34H25F3N6O3S/c1-19-3-12-26(13-4-19)47(45,46)43-30-15-22(21-7-9-24(10-8-21)34(35,36)37)5-6-23(30)16-31(43)32(44)27-18-39-42(33(27)38)25-11-14-28-29(17-25)41-20(2)40-28/h3-18H,38H2,1-2H3,(H,40,41). The Morgan fingerprint density at radius 2 is 1.57 bits per heavy atom. The highest BCUT2D eigenvalue weighted by atomic mass is 32.2. The van der Waals surface area contributed by atoms with Crippen LogP contribution < -0.4 is 5.73 Å². The van der Waals surface area contributed by atoms with Crippen molar-refractivity contribution >= 4 is 43.6 Å². The molecule has 3 aromatic heterocycles. The molecule has 3 heterocycles. The van der Waals surface area contributed by atoms with Crippen LogP contribution in [-0.4, -0.2) is 37.9 Å². The maximum absolute atomic E-state index is 14.2. The summed E-state index contributed by atoms with van der Waals surface area (Å²) < 4.78 is 70.4. The molecule has 7 aromatic rings. The number of hydrogen-bond donors (Lipinski definition) is 2. The molecule has 7 rings (SSSR count). The number of nitrogens with one attached hydrogen (secondary N) is 1. The van der Waals surface area contributed by atoms with Gasteiger partial charge in [-0.2, -0.15) is 18.3 Å². The zero-order chi connectivity index (χ0) is 33.2. The molecule has 4 aromatic carbocycles. The van der Waals surface area contributed by atoms with Crippen LogP contribution in [0.1, 0.15) is 33.0 Å². The molecule has 0 aliphatic rings. The van der Waals surface area contributed by atoms with Gasteiger partial charge in [0.05, 0.1) is 44.5 Å². The first-order chi connectivity index (χ1) is 22.3. The Labute approximate surface area is 266 Å². The molecular weight excluding hydrogens is 629 g/mol. The van der Waals surface area contributed by atoms with E-state index in [0.717, 1.165) is 38.5 Å². The van der Waals surface area contributed by atoms with Crippen LogP contribution in [0, 0.1) is 13.8 Å². The Morgan fingerprint density at radius 3 is 2.28 bits per heavy atom. The summed E-state index contributed by atoms with van der Waals surface area (Å²) in [6.45, 7) is 3.65. The smallest absolute Gasteiger partial charge is 0.383 e. The third-order valence-electron chi connectivity index (χ3n) is 7.98. The number of alkyl halides is 3. The number of carbonyl (C=O) groups excluding carboxylic acids is 1. The predicted octanol–water partition coefficient (Wildman–Crippen LogP) is 7.06. The first-order valence-corrected chi connectivity index (χ1v) is 15.8. The van der Waals surface area contributed by atoms with Gasteiger partial charge in [0.2, 0.25) is 5.78 Å². The lowest BCUT2D eigenvalue weighted by atomic mass is 10.0. The largest absolute Gasteiger partial charge is 0.416 e. The number of halogens is 3. The number of nitrogen functional groups attached to an aromatic ring is 1. The molecule has 0 saturated carbocycles. The number of carbonyl (C=O) groups is 1. The number of fused-ring (bicyclic) bond motifs is 2. The van der Waals surface area contributed by atoms with Crippen LogP contribution in [-0.2, 0) is 16.2 Å². The molecular formula is C34H25F3N6O3S. The van der Waals surface area contributed by atoms with Gasteiger partial charge in [-0.15, -0.1) is 0 Å². The van der Waals surface area contributed by atoms with E-state index in [0.29, 0.717) is 22.2 Å². The molecule has 0 aliphatic carbocycles. The second-order valence-electron chi connectivity index (χ2n) is 11.2. The zero-order valence-electron chi connectivity index (χ0n) is 24.9. The van der Waals surface area contributed by atoms with Crippen LogP contribution in [0.25, 0.3) is 38.8 Å². The van der Waals surface area contributed by atoms with Gasteiger partial charge in [-0.3, -0.25) is 4.79 Å². The molecule has 0 aliphatic heterocycles. The Hall–Kier alpha value is -5.69. The van der Waals surface area contributed by atoms with Gasteiger partial charge in [-0.25, -0.2) is 22.1 Å². The van der Waals surface area contributed by atoms with Crippen molar-refractivity contribution in [3.05, 3.63) is 125 Å². The SMILES string of the molecule is Cc1ccc(S(=O)(=O)n2c(C(=O)c3cnn(-c4ccc5nc(C)[nH]c5c4)c3N)cc3ccc(-c4ccc(C(F)(F)F)cc4)cc32)cc1. The van der Waals surface area contributed by atoms with E-state index in [1.54, 1.807) is 42.5 Å². The number of aryl methyl sites for hydroxylation is 2. The van der Waals surface area contributed by atoms with Crippen LogP contribution >= 0.6 is 0 Å². The van der Waals surface area contributed by atoms with Crippen molar-refractivity contribution in [1.82, 2.24) is 23.7 Å². The van der Waals surface area contributed by atoms with Crippen molar-refractivity contribution < 1.29 is 26.4 Å². The number of H-pyrrole nitrogens is 1. The number of aromatic amines is 1. The highest BCUT2D eigenvalue weighted by Crippen LogP contribution is 2.34. The molecule has 0 spiro atoms. The second-order valence-corrected chi connectivity index (χ2v) is 13.0. The Kier molecular flexibility index (Phi) is 6.83. The summed E-state index contributed by atoms with van der Waals surface area (Å²) in [4.78, 5) is 21.7.